The summed E-state index contributed by atoms with van der Waals surface area (Å²) in [4.78, 5) is 39.4. The lowest BCUT2D eigenvalue weighted by atomic mass is 9.88. The van der Waals surface area contributed by atoms with Gasteiger partial charge in [0, 0.05) is 26.1 Å². The minimum atomic E-state index is -0.596. The molecule has 0 aromatic rings. The van der Waals surface area contributed by atoms with Gasteiger partial charge in [0.15, 0.2) is 0 Å². The zero-order chi connectivity index (χ0) is 16.5. The van der Waals surface area contributed by atoms with Crippen molar-refractivity contribution in [3.05, 3.63) is 0 Å². The predicted octanol–water partition coefficient (Wildman–Crippen LogP) is 0.781. The van der Waals surface area contributed by atoms with E-state index in [4.69, 9.17) is 15.1 Å². The van der Waals surface area contributed by atoms with Gasteiger partial charge in [0.05, 0.1) is 6.42 Å². The first-order chi connectivity index (χ1) is 10.5. The van der Waals surface area contributed by atoms with Crippen molar-refractivity contribution in [2.45, 2.75) is 51.9 Å². The van der Waals surface area contributed by atoms with Crippen LogP contribution >= 0.6 is 0 Å². The van der Waals surface area contributed by atoms with Crippen LogP contribution in [0.2, 0.25) is 0 Å². The van der Waals surface area contributed by atoms with Crippen LogP contribution in [0.4, 0.5) is 0 Å². The number of aliphatic hydroxyl groups excluding tert-OH is 2. The summed E-state index contributed by atoms with van der Waals surface area (Å²) in [5, 5.41) is 18.5. The normalized spacial score (nSPS) is 17.7. The highest BCUT2D eigenvalue weighted by Crippen LogP contribution is 2.23. The molecule has 2 atom stereocenters. The third kappa shape index (κ3) is 6.11. The summed E-state index contributed by atoms with van der Waals surface area (Å²) < 4.78 is 0. The molecule has 126 valence electrons. The second-order valence-electron chi connectivity index (χ2n) is 5.83. The number of imide groups is 1. The number of hydrogen-bond donors (Lipinski definition) is 2. The van der Waals surface area contributed by atoms with Crippen LogP contribution < -0.4 is 0 Å². The van der Waals surface area contributed by atoms with Crippen molar-refractivity contribution in [3.63, 3.8) is 0 Å². The molecule has 2 N–H and O–H groups in total. The van der Waals surface area contributed by atoms with Crippen LogP contribution in [0.1, 0.15) is 51.9 Å². The van der Waals surface area contributed by atoms with Gasteiger partial charge in [-0.15, -0.1) is 5.06 Å². The fraction of sp³-hybridized carbons (Fsp3) is 0.800. The van der Waals surface area contributed by atoms with Gasteiger partial charge < -0.3 is 15.1 Å². The third-order valence-electron chi connectivity index (χ3n) is 3.76. The maximum Gasteiger partial charge on any atom is 0.333 e. The molecule has 0 aliphatic carbocycles. The van der Waals surface area contributed by atoms with E-state index in [2.05, 4.69) is 0 Å². The average Bonchev–Trinajstić information content (AvgIpc) is 2.76. The van der Waals surface area contributed by atoms with Gasteiger partial charge in [-0.2, -0.15) is 0 Å². The fourth-order valence-corrected chi connectivity index (χ4v) is 2.68. The predicted molar refractivity (Wildman–Crippen MR) is 77.1 cm³/mol. The fourth-order valence-electron chi connectivity index (χ4n) is 2.68. The van der Waals surface area contributed by atoms with Gasteiger partial charge in [0.25, 0.3) is 11.8 Å². The molecular formula is C15H25NO6. The number of carbonyl (C=O) groups is 3. The first-order valence-corrected chi connectivity index (χ1v) is 7.76. The number of aliphatic hydroxyl groups is 2. The lowest BCUT2D eigenvalue weighted by Crippen LogP contribution is -2.32. The van der Waals surface area contributed by atoms with E-state index in [1.807, 2.05) is 6.92 Å². The number of nitrogens with zero attached hydrogens (tertiary/aromatic N) is 1. The van der Waals surface area contributed by atoms with Gasteiger partial charge in [0.2, 0.25) is 0 Å². The highest BCUT2D eigenvalue weighted by atomic mass is 16.7. The van der Waals surface area contributed by atoms with Crippen molar-refractivity contribution >= 4 is 17.8 Å². The van der Waals surface area contributed by atoms with Crippen molar-refractivity contribution in [3.8, 4) is 0 Å². The van der Waals surface area contributed by atoms with Gasteiger partial charge >= 0.3 is 5.97 Å². The minimum Gasteiger partial charge on any atom is -0.396 e. The summed E-state index contributed by atoms with van der Waals surface area (Å²) in [6.07, 6.45) is 3.08. The van der Waals surface area contributed by atoms with Crippen LogP contribution in [0.15, 0.2) is 0 Å². The van der Waals surface area contributed by atoms with Crippen LogP contribution in [-0.2, 0) is 19.2 Å². The second kappa shape index (κ2) is 9.53. The molecule has 0 spiro atoms. The van der Waals surface area contributed by atoms with Crippen molar-refractivity contribution in [1.82, 2.24) is 5.06 Å². The lowest BCUT2D eigenvalue weighted by molar-refractivity contribution is -0.198. The topological polar surface area (TPSA) is 104 Å². The minimum absolute atomic E-state index is 0.00977. The second-order valence-corrected chi connectivity index (χ2v) is 5.83. The van der Waals surface area contributed by atoms with Crippen LogP contribution in [-0.4, -0.2) is 46.3 Å². The van der Waals surface area contributed by atoms with E-state index in [0.29, 0.717) is 17.9 Å². The monoisotopic (exact) mass is 315 g/mol. The van der Waals surface area contributed by atoms with E-state index in [0.717, 1.165) is 12.8 Å². The molecule has 7 heteroatoms. The lowest BCUT2D eigenvalue weighted by Gasteiger charge is -2.20. The zero-order valence-corrected chi connectivity index (χ0v) is 13.0. The SMILES string of the molecule is CC(CC(=O)ON1C(=O)CCC1=O)CC(CCO)CCCO. The highest BCUT2D eigenvalue weighted by Gasteiger charge is 2.33. The van der Waals surface area contributed by atoms with Crippen LogP contribution in [0, 0.1) is 11.8 Å². The molecule has 0 aromatic carbocycles. The molecule has 0 radical (unpaired) electrons. The third-order valence-corrected chi connectivity index (χ3v) is 3.76. The molecule has 1 heterocycles. The maximum atomic E-state index is 11.8. The van der Waals surface area contributed by atoms with Crippen LogP contribution in [0.5, 0.6) is 0 Å². The summed E-state index contributed by atoms with van der Waals surface area (Å²) in [6, 6.07) is 0. The van der Waals surface area contributed by atoms with Crippen molar-refractivity contribution in [2.24, 2.45) is 11.8 Å². The van der Waals surface area contributed by atoms with Gasteiger partial charge in [-0.05, 0) is 37.5 Å². The van der Waals surface area contributed by atoms with E-state index in [9.17, 15) is 14.4 Å². The summed E-state index contributed by atoms with van der Waals surface area (Å²) in [6.45, 7) is 2.07. The summed E-state index contributed by atoms with van der Waals surface area (Å²) in [5.41, 5.74) is 0. The number of carbonyl (C=O) groups excluding carboxylic acids is 3. The summed E-state index contributed by atoms with van der Waals surface area (Å²) in [5.74, 6) is -1.31. The number of rotatable bonds is 10. The Hall–Kier alpha value is -1.47. The van der Waals surface area contributed by atoms with Crippen LogP contribution in [0.25, 0.3) is 0 Å². The molecule has 1 aliphatic heterocycles. The molecule has 0 aromatic heterocycles. The Morgan fingerprint density at radius 1 is 1.18 bits per heavy atom. The first kappa shape index (κ1) is 18.6. The van der Waals surface area contributed by atoms with Gasteiger partial charge in [-0.3, -0.25) is 9.59 Å². The van der Waals surface area contributed by atoms with Crippen molar-refractivity contribution in [2.75, 3.05) is 13.2 Å². The van der Waals surface area contributed by atoms with Gasteiger partial charge in [0.1, 0.15) is 0 Å². The Bertz CT molecular complexity index is 381. The smallest absolute Gasteiger partial charge is 0.333 e. The van der Waals surface area contributed by atoms with Crippen molar-refractivity contribution in [1.29, 1.82) is 0 Å². The zero-order valence-electron chi connectivity index (χ0n) is 13.0. The Morgan fingerprint density at radius 3 is 2.36 bits per heavy atom. The number of amides is 2. The molecule has 0 bridgehead atoms. The highest BCUT2D eigenvalue weighted by molar-refractivity contribution is 6.01. The van der Waals surface area contributed by atoms with E-state index in [-0.39, 0.29) is 44.3 Å². The number of hydroxylamine groups is 2. The van der Waals surface area contributed by atoms with Crippen LogP contribution in [0.3, 0.4) is 0 Å². The molecule has 7 nitrogen and oxygen atoms in total. The Labute approximate surface area is 130 Å². The Morgan fingerprint density at radius 2 is 1.82 bits per heavy atom. The number of hydrogen-bond acceptors (Lipinski definition) is 6. The molecule has 2 unspecified atom stereocenters. The molecular weight excluding hydrogens is 290 g/mol. The van der Waals surface area contributed by atoms with E-state index < -0.39 is 17.8 Å². The summed E-state index contributed by atoms with van der Waals surface area (Å²) in [7, 11) is 0. The molecule has 22 heavy (non-hydrogen) atoms. The van der Waals surface area contributed by atoms with E-state index in [1.54, 1.807) is 0 Å². The van der Waals surface area contributed by atoms with Crippen molar-refractivity contribution < 1.29 is 29.4 Å². The standard InChI is InChI=1S/C15H25NO6/c1-11(9-12(6-8-18)3-2-7-17)10-15(21)22-16-13(19)4-5-14(16)20/h11-12,17-18H,2-10H2,1H3. The van der Waals surface area contributed by atoms with E-state index in [1.165, 1.54) is 0 Å². The molecule has 1 rings (SSSR count). The molecule has 0 saturated carbocycles. The van der Waals surface area contributed by atoms with Gasteiger partial charge in [-0.1, -0.05) is 6.92 Å². The average molecular weight is 315 g/mol. The largest absolute Gasteiger partial charge is 0.396 e. The Balaban J connectivity index is 2.38. The quantitative estimate of drug-likeness (QED) is 0.577. The molecule has 1 fully saturated rings. The van der Waals surface area contributed by atoms with Gasteiger partial charge in [-0.25, -0.2) is 4.79 Å². The van der Waals surface area contributed by atoms with E-state index >= 15 is 0 Å². The Kier molecular flexibility index (Phi) is 8.05. The molecule has 1 saturated heterocycles. The first-order valence-electron chi connectivity index (χ1n) is 7.76. The molecule has 1 aliphatic rings. The maximum absolute atomic E-state index is 11.8. The molecule has 2 amide bonds. The summed E-state index contributed by atoms with van der Waals surface area (Å²) >= 11 is 0.